The van der Waals surface area contributed by atoms with Crippen molar-refractivity contribution < 1.29 is 14.3 Å². The van der Waals surface area contributed by atoms with Crippen molar-refractivity contribution in [2.45, 2.75) is 19.3 Å². The molecule has 0 radical (unpaired) electrons. The number of nitrogens with one attached hydrogen (secondary N) is 1. The summed E-state index contributed by atoms with van der Waals surface area (Å²) in [6, 6.07) is 3.65. The van der Waals surface area contributed by atoms with Gasteiger partial charge in [0.2, 0.25) is 5.91 Å². The molecule has 2 saturated heterocycles. The quantitative estimate of drug-likeness (QED) is 0.786. The van der Waals surface area contributed by atoms with E-state index in [9.17, 15) is 9.59 Å². The van der Waals surface area contributed by atoms with Crippen LogP contribution in [0.1, 0.15) is 29.8 Å². The second-order valence-corrected chi connectivity index (χ2v) is 6.10. The summed E-state index contributed by atoms with van der Waals surface area (Å²) < 4.78 is 5.27. The molecule has 1 aromatic rings. The Hall–Kier alpha value is -2.15. The lowest BCUT2D eigenvalue weighted by atomic mass is 10.2. The summed E-state index contributed by atoms with van der Waals surface area (Å²) in [4.78, 5) is 31.9. The van der Waals surface area contributed by atoms with E-state index in [0.717, 1.165) is 38.2 Å². The van der Waals surface area contributed by atoms with Gasteiger partial charge >= 0.3 is 0 Å². The highest BCUT2D eigenvalue weighted by Gasteiger charge is 2.20. The van der Waals surface area contributed by atoms with E-state index in [0.29, 0.717) is 38.4 Å². The Bertz CT molecular complexity index is 587. The standard InChI is InChI=1S/C17H24N4O3/c22-16-3-1-7-20(16)8-2-5-18-14-4-6-19-15(13-14)17(23)21-9-11-24-12-10-21/h4,6,13H,1-3,5,7-12H2,(H,18,19). The van der Waals surface area contributed by atoms with Crippen LogP contribution in [0.3, 0.4) is 0 Å². The number of nitrogens with zero attached hydrogens (tertiary/aromatic N) is 3. The molecule has 7 nitrogen and oxygen atoms in total. The third kappa shape index (κ3) is 4.23. The molecular formula is C17H24N4O3. The Balaban J connectivity index is 1.47. The van der Waals surface area contributed by atoms with Crippen LogP contribution in [0.15, 0.2) is 18.3 Å². The van der Waals surface area contributed by atoms with Crippen LogP contribution in [0.4, 0.5) is 5.69 Å². The first-order chi connectivity index (χ1) is 11.7. The van der Waals surface area contributed by atoms with Crippen molar-refractivity contribution in [3.8, 4) is 0 Å². The number of hydrogen-bond donors (Lipinski definition) is 1. The number of anilines is 1. The van der Waals surface area contributed by atoms with Crippen LogP contribution in [0.25, 0.3) is 0 Å². The molecule has 0 spiro atoms. The number of carbonyl (C=O) groups excluding carboxylic acids is 2. The summed E-state index contributed by atoms with van der Waals surface area (Å²) in [5.74, 6) is 0.210. The second-order valence-electron chi connectivity index (χ2n) is 6.10. The number of likely N-dealkylation sites (tertiary alicyclic amines) is 1. The highest BCUT2D eigenvalue weighted by molar-refractivity contribution is 5.93. The molecule has 24 heavy (non-hydrogen) atoms. The molecule has 2 aliphatic heterocycles. The molecule has 2 aliphatic rings. The molecule has 0 aliphatic carbocycles. The average Bonchev–Trinajstić information content (AvgIpc) is 3.04. The van der Waals surface area contributed by atoms with Gasteiger partial charge in [-0.15, -0.1) is 0 Å². The number of carbonyl (C=O) groups is 2. The Morgan fingerprint density at radius 1 is 1.29 bits per heavy atom. The summed E-state index contributed by atoms with van der Waals surface area (Å²) >= 11 is 0. The largest absolute Gasteiger partial charge is 0.385 e. The molecule has 2 amide bonds. The van der Waals surface area contributed by atoms with Crippen LogP contribution in [-0.4, -0.2) is 72.5 Å². The fourth-order valence-corrected chi connectivity index (χ4v) is 3.03. The number of morpholine rings is 1. The third-order valence-corrected chi connectivity index (χ3v) is 4.38. The van der Waals surface area contributed by atoms with E-state index >= 15 is 0 Å². The molecule has 1 N–H and O–H groups in total. The van der Waals surface area contributed by atoms with E-state index in [2.05, 4.69) is 10.3 Å². The minimum absolute atomic E-state index is 0.0513. The van der Waals surface area contributed by atoms with Gasteiger partial charge in [-0.1, -0.05) is 0 Å². The van der Waals surface area contributed by atoms with Crippen molar-refractivity contribution in [3.05, 3.63) is 24.0 Å². The summed E-state index contributed by atoms with van der Waals surface area (Å²) in [5, 5.41) is 3.31. The van der Waals surface area contributed by atoms with Gasteiger partial charge in [-0.05, 0) is 25.0 Å². The monoisotopic (exact) mass is 332 g/mol. The predicted molar refractivity (Wildman–Crippen MR) is 89.9 cm³/mol. The smallest absolute Gasteiger partial charge is 0.272 e. The maximum atomic E-state index is 12.4. The lowest BCUT2D eigenvalue weighted by molar-refractivity contribution is -0.127. The molecule has 7 heteroatoms. The molecule has 1 aromatic heterocycles. The van der Waals surface area contributed by atoms with E-state index in [1.54, 1.807) is 17.2 Å². The molecule has 130 valence electrons. The van der Waals surface area contributed by atoms with Gasteiger partial charge in [0.15, 0.2) is 0 Å². The van der Waals surface area contributed by atoms with Crippen LogP contribution in [-0.2, 0) is 9.53 Å². The van der Waals surface area contributed by atoms with E-state index in [1.165, 1.54) is 0 Å². The number of ether oxygens (including phenoxy) is 1. The Kier molecular flexibility index (Phi) is 5.63. The van der Waals surface area contributed by atoms with Gasteiger partial charge in [0.1, 0.15) is 5.69 Å². The first-order valence-electron chi connectivity index (χ1n) is 8.59. The molecule has 3 rings (SSSR count). The van der Waals surface area contributed by atoms with Crippen molar-refractivity contribution in [1.29, 1.82) is 0 Å². The fourth-order valence-electron chi connectivity index (χ4n) is 3.03. The van der Waals surface area contributed by atoms with Crippen molar-refractivity contribution in [2.24, 2.45) is 0 Å². The molecule has 0 aromatic carbocycles. The second kappa shape index (κ2) is 8.10. The Labute approximate surface area is 142 Å². The van der Waals surface area contributed by atoms with E-state index in [-0.39, 0.29) is 11.8 Å². The maximum Gasteiger partial charge on any atom is 0.272 e. The summed E-state index contributed by atoms with van der Waals surface area (Å²) in [6.07, 6.45) is 4.20. The van der Waals surface area contributed by atoms with Gasteiger partial charge in [0.05, 0.1) is 13.2 Å². The minimum atomic E-state index is -0.0513. The third-order valence-electron chi connectivity index (χ3n) is 4.38. The molecule has 2 fully saturated rings. The number of rotatable bonds is 6. The van der Waals surface area contributed by atoms with Crippen molar-refractivity contribution in [2.75, 3.05) is 51.3 Å². The maximum absolute atomic E-state index is 12.4. The molecular weight excluding hydrogens is 308 g/mol. The van der Waals surface area contributed by atoms with Crippen LogP contribution in [0.2, 0.25) is 0 Å². The molecule has 0 unspecified atom stereocenters. The highest BCUT2D eigenvalue weighted by Crippen LogP contribution is 2.12. The van der Waals surface area contributed by atoms with Crippen molar-refractivity contribution in [1.82, 2.24) is 14.8 Å². The van der Waals surface area contributed by atoms with Crippen LogP contribution < -0.4 is 5.32 Å². The summed E-state index contributed by atoms with van der Waals surface area (Å²) in [5.41, 5.74) is 1.34. The fraction of sp³-hybridized carbons (Fsp3) is 0.588. The summed E-state index contributed by atoms with van der Waals surface area (Å²) in [7, 11) is 0. The first-order valence-corrected chi connectivity index (χ1v) is 8.59. The van der Waals surface area contributed by atoms with E-state index in [4.69, 9.17) is 4.74 Å². The van der Waals surface area contributed by atoms with Crippen LogP contribution in [0, 0.1) is 0 Å². The molecule has 3 heterocycles. The van der Waals surface area contributed by atoms with Gasteiger partial charge in [-0.25, -0.2) is 0 Å². The summed E-state index contributed by atoms with van der Waals surface area (Å²) in [6.45, 7) is 4.82. The van der Waals surface area contributed by atoms with Gasteiger partial charge in [0.25, 0.3) is 5.91 Å². The highest BCUT2D eigenvalue weighted by atomic mass is 16.5. The van der Waals surface area contributed by atoms with Gasteiger partial charge in [0, 0.05) is 51.0 Å². The Morgan fingerprint density at radius 2 is 2.12 bits per heavy atom. The number of pyridine rings is 1. The Morgan fingerprint density at radius 3 is 2.88 bits per heavy atom. The van der Waals surface area contributed by atoms with Crippen molar-refractivity contribution >= 4 is 17.5 Å². The number of amides is 2. The van der Waals surface area contributed by atoms with Gasteiger partial charge in [-0.3, -0.25) is 14.6 Å². The zero-order chi connectivity index (χ0) is 16.8. The molecule has 0 atom stereocenters. The minimum Gasteiger partial charge on any atom is -0.385 e. The van der Waals surface area contributed by atoms with Gasteiger partial charge < -0.3 is 19.9 Å². The van der Waals surface area contributed by atoms with Gasteiger partial charge in [-0.2, -0.15) is 0 Å². The average molecular weight is 332 g/mol. The SMILES string of the molecule is O=C1CCCN1CCCNc1ccnc(C(=O)N2CCOCC2)c1. The predicted octanol–water partition coefficient (Wildman–Crippen LogP) is 0.978. The lowest BCUT2D eigenvalue weighted by Crippen LogP contribution is -2.41. The zero-order valence-electron chi connectivity index (χ0n) is 13.9. The molecule has 0 saturated carbocycles. The zero-order valence-corrected chi connectivity index (χ0v) is 13.9. The van der Waals surface area contributed by atoms with Crippen LogP contribution >= 0.6 is 0 Å². The van der Waals surface area contributed by atoms with Crippen LogP contribution in [0.5, 0.6) is 0 Å². The lowest BCUT2D eigenvalue weighted by Gasteiger charge is -2.26. The topological polar surface area (TPSA) is 74.8 Å². The number of aromatic nitrogens is 1. The van der Waals surface area contributed by atoms with E-state index in [1.807, 2.05) is 11.0 Å². The van der Waals surface area contributed by atoms with E-state index < -0.39 is 0 Å². The molecule has 0 bridgehead atoms. The number of hydrogen-bond acceptors (Lipinski definition) is 5. The van der Waals surface area contributed by atoms with Crippen molar-refractivity contribution in [3.63, 3.8) is 0 Å². The first kappa shape index (κ1) is 16.7. The normalized spacial score (nSPS) is 18.1.